The van der Waals surface area contributed by atoms with Crippen molar-refractivity contribution >= 4 is 27.4 Å². The van der Waals surface area contributed by atoms with Gasteiger partial charge in [-0.05, 0) is 70.1 Å². The average molecular weight is 430 g/mol. The second-order valence-electron chi connectivity index (χ2n) is 9.37. The van der Waals surface area contributed by atoms with E-state index in [-0.39, 0.29) is 0 Å². The van der Waals surface area contributed by atoms with Crippen LogP contribution in [0.25, 0.3) is 10.2 Å². The largest absolute Gasteiger partial charge is 0.379 e. The topological polar surface area (TPSA) is 44.7 Å². The summed E-state index contributed by atoms with van der Waals surface area (Å²) in [5, 5.41) is 1.36. The lowest BCUT2D eigenvalue weighted by Crippen LogP contribution is -2.37. The van der Waals surface area contributed by atoms with Gasteiger partial charge in [0.2, 0.25) is 0 Å². The highest BCUT2D eigenvalue weighted by Gasteiger charge is 2.25. The van der Waals surface area contributed by atoms with Crippen molar-refractivity contribution in [3.8, 4) is 0 Å². The molecule has 0 saturated carbocycles. The van der Waals surface area contributed by atoms with Crippen LogP contribution in [0.4, 0.5) is 5.82 Å². The first-order valence-electron chi connectivity index (χ1n) is 11.7. The van der Waals surface area contributed by atoms with E-state index in [1.807, 2.05) is 11.3 Å². The molecule has 2 fully saturated rings. The number of nitrogens with zero attached hydrogens (tertiary/aromatic N) is 5. The maximum Gasteiger partial charge on any atom is 0.146 e. The van der Waals surface area contributed by atoms with Crippen LogP contribution in [-0.4, -0.2) is 79.8 Å². The summed E-state index contributed by atoms with van der Waals surface area (Å²) in [6.07, 6.45) is 7.60. The monoisotopic (exact) mass is 429 g/mol. The number of ether oxygens (including phenoxy) is 1. The van der Waals surface area contributed by atoms with Gasteiger partial charge >= 0.3 is 0 Å². The summed E-state index contributed by atoms with van der Waals surface area (Å²) < 4.78 is 5.52. The molecule has 0 spiro atoms. The maximum atomic E-state index is 5.52. The quantitative estimate of drug-likeness (QED) is 0.727. The Morgan fingerprint density at radius 3 is 2.63 bits per heavy atom. The van der Waals surface area contributed by atoms with Gasteiger partial charge in [-0.2, -0.15) is 0 Å². The van der Waals surface area contributed by atoms with Crippen molar-refractivity contribution in [3.05, 3.63) is 16.3 Å². The summed E-state index contributed by atoms with van der Waals surface area (Å²) in [4.78, 5) is 20.4. The van der Waals surface area contributed by atoms with Gasteiger partial charge < -0.3 is 14.5 Å². The van der Waals surface area contributed by atoms with Crippen LogP contribution in [0, 0.1) is 5.92 Å². The number of aromatic nitrogens is 2. The zero-order chi connectivity index (χ0) is 20.5. The van der Waals surface area contributed by atoms with E-state index in [2.05, 4.69) is 28.8 Å². The van der Waals surface area contributed by atoms with Crippen LogP contribution in [0.3, 0.4) is 0 Å². The molecule has 0 radical (unpaired) electrons. The number of likely N-dealkylation sites (tertiary alicyclic amines) is 1. The maximum absolute atomic E-state index is 5.52. The molecule has 0 bridgehead atoms. The zero-order valence-electron chi connectivity index (χ0n) is 18.5. The van der Waals surface area contributed by atoms with E-state index < -0.39 is 0 Å². The predicted molar refractivity (Wildman–Crippen MR) is 124 cm³/mol. The van der Waals surface area contributed by atoms with Gasteiger partial charge in [0.05, 0.1) is 25.1 Å². The highest BCUT2D eigenvalue weighted by molar-refractivity contribution is 7.19. The Bertz CT molecular complexity index is 870. The Morgan fingerprint density at radius 2 is 1.83 bits per heavy atom. The second kappa shape index (κ2) is 9.07. The van der Waals surface area contributed by atoms with Crippen LogP contribution < -0.4 is 4.90 Å². The second-order valence-corrected chi connectivity index (χ2v) is 10.5. The first-order chi connectivity index (χ1) is 14.7. The van der Waals surface area contributed by atoms with Gasteiger partial charge in [0.25, 0.3) is 0 Å². The number of hydrogen-bond donors (Lipinski definition) is 0. The predicted octanol–water partition coefficient (Wildman–Crippen LogP) is 3.18. The van der Waals surface area contributed by atoms with Crippen molar-refractivity contribution in [2.75, 3.05) is 64.9 Å². The molecule has 2 aromatic rings. The van der Waals surface area contributed by atoms with Gasteiger partial charge in [0, 0.05) is 31.6 Å². The van der Waals surface area contributed by atoms with Crippen LogP contribution in [0.15, 0.2) is 0 Å². The lowest BCUT2D eigenvalue weighted by atomic mass is 9.95. The Hall–Kier alpha value is -1.28. The minimum absolute atomic E-state index is 0.758. The van der Waals surface area contributed by atoms with Crippen LogP contribution in [0.2, 0.25) is 0 Å². The molecule has 1 aliphatic carbocycles. The third-order valence-corrected chi connectivity index (χ3v) is 8.23. The number of piperidine rings is 1. The fourth-order valence-corrected chi connectivity index (χ4v) is 6.48. The Balaban J connectivity index is 1.46. The van der Waals surface area contributed by atoms with Crippen molar-refractivity contribution in [1.29, 1.82) is 0 Å². The molecule has 0 N–H and O–H groups in total. The average Bonchev–Trinajstić information content (AvgIpc) is 3.14. The number of thiophene rings is 1. The highest BCUT2D eigenvalue weighted by atomic mass is 32.1. The highest BCUT2D eigenvalue weighted by Crippen LogP contribution is 2.40. The molecule has 0 unspecified atom stereocenters. The van der Waals surface area contributed by atoms with E-state index in [1.54, 1.807) is 10.4 Å². The summed E-state index contributed by atoms with van der Waals surface area (Å²) in [5.41, 5.74) is 1.55. The van der Waals surface area contributed by atoms with Gasteiger partial charge in [0.15, 0.2) is 0 Å². The number of anilines is 1. The van der Waals surface area contributed by atoms with Gasteiger partial charge in [-0.1, -0.05) is 0 Å². The van der Waals surface area contributed by atoms with Gasteiger partial charge in [-0.3, -0.25) is 4.90 Å². The molecule has 3 aliphatic rings. The van der Waals surface area contributed by atoms with Crippen molar-refractivity contribution in [1.82, 2.24) is 19.8 Å². The third-order valence-electron chi connectivity index (χ3n) is 7.04. The fourth-order valence-electron chi connectivity index (χ4n) is 5.21. The first-order valence-corrected chi connectivity index (χ1v) is 12.5. The number of hydrogen-bond acceptors (Lipinski definition) is 7. The zero-order valence-corrected chi connectivity index (χ0v) is 19.3. The van der Waals surface area contributed by atoms with Crippen LogP contribution in [0.1, 0.15) is 41.9 Å². The molecule has 4 heterocycles. The molecule has 0 amide bonds. The summed E-state index contributed by atoms with van der Waals surface area (Å²) in [7, 11) is 4.49. The van der Waals surface area contributed by atoms with Crippen molar-refractivity contribution in [2.24, 2.45) is 5.92 Å². The third kappa shape index (κ3) is 4.35. The summed E-state index contributed by atoms with van der Waals surface area (Å²) in [6, 6.07) is 0. The Labute approximate surface area is 184 Å². The lowest BCUT2D eigenvalue weighted by Gasteiger charge is -2.32. The minimum atomic E-state index is 0.758. The standard InChI is InChI=1S/C23H35N5OS/c1-26-9-7-17(8-10-26)15-27(2)22-21-18-5-3-4-6-19(18)30-23(21)25-20(24-22)16-28-11-13-29-14-12-28/h17H,3-16H2,1-2H3. The molecule has 0 atom stereocenters. The van der Waals surface area contributed by atoms with E-state index in [0.29, 0.717) is 0 Å². The molecule has 0 aromatic carbocycles. The number of fused-ring (bicyclic) bond motifs is 3. The molecular weight excluding hydrogens is 394 g/mol. The number of rotatable bonds is 5. The minimum Gasteiger partial charge on any atom is -0.379 e. The molecule has 2 saturated heterocycles. The van der Waals surface area contributed by atoms with Crippen LogP contribution >= 0.6 is 11.3 Å². The van der Waals surface area contributed by atoms with Crippen molar-refractivity contribution in [2.45, 2.75) is 45.1 Å². The molecule has 30 heavy (non-hydrogen) atoms. The van der Waals surface area contributed by atoms with Gasteiger partial charge in [-0.15, -0.1) is 11.3 Å². The molecule has 6 nitrogen and oxygen atoms in total. The molecule has 7 heteroatoms. The SMILES string of the molecule is CN1CCC(CN(C)c2nc(CN3CCOCC3)nc3sc4c(c23)CCCC4)CC1. The van der Waals surface area contributed by atoms with Crippen molar-refractivity contribution < 1.29 is 4.74 Å². The van der Waals surface area contributed by atoms with Crippen LogP contribution in [0.5, 0.6) is 0 Å². The molecule has 5 rings (SSSR count). The van der Waals surface area contributed by atoms with Crippen LogP contribution in [-0.2, 0) is 24.1 Å². The summed E-state index contributed by atoms with van der Waals surface area (Å²) in [5.74, 6) is 2.92. The Morgan fingerprint density at radius 1 is 1.07 bits per heavy atom. The molecular formula is C23H35N5OS. The number of aryl methyl sites for hydroxylation is 2. The summed E-state index contributed by atoms with van der Waals surface area (Å²) in [6.45, 7) is 7.95. The summed E-state index contributed by atoms with van der Waals surface area (Å²) >= 11 is 1.93. The van der Waals surface area contributed by atoms with E-state index in [4.69, 9.17) is 14.7 Å². The van der Waals surface area contributed by atoms with Crippen molar-refractivity contribution in [3.63, 3.8) is 0 Å². The number of morpholine rings is 1. The Kier molecular flexibility index (Phi) is 6.23. The first kappa shape index (κ1) is 20.6. The van der Waals surface area contributed by atoms with E-state index >= 15 is 0 Å². The molecule has 2 aliphatic heterocycles. The van der Waals surface area contributed by atoms with Gasteiger partial charge in [-0.25, -0.2) is 9.97 Å². The lowest BCUT2D eigenvalue weighted by molar-refractivity contribution is 0.0331. The van der Waals surface area contributed by atoms with E-state index in [0.717, 1.165) is 51.1 Å². The molecule has 164 valence electrons. The van der Waals surface area contributed by atoms with Gasteiger partial charge in [0.1, 0.15) is 16.5 Å². The molecule has 2 aromatic heterocycles. The van der Waals surface area contributed by atoms with E-state index in [9.17, 15) is 0 Å². The normalized spacial score (nSPS) is 21.8. The van der Waals surface area contributed by atoms with E-state index in [1.165, 1.54) is 67.6 Å². The fraction of sp³-hybridized carbons (Fsp3) is 0.739. The smallest absolute Gasteiger partial charge is 0.146 e.